The number of nitrogens with zero attached hydrogens (tertiary/aromatic N) is 3. The maximum Gasteiger partial charge on any atom is 0.191 e. The molecule has 0 amide bonds. The standard InChI is InChI=1S/C20H31N5O.HI/c1-14(2)17-7-9-18(10-8-17)26-12-11-22-20(21-5)23-13-19-15(3)24-25(6)16(19)4;/h7-10,14H,11-13H2,1-6H3,(H2,21,22,23);1H. The first kappa shape index (κ1) is 23.3. The Morgan fingerprint density at radius 2 is 1.85 bits per heavy atom. The van der Waals surface area contributed by atoms with Gasteiger partial charge in [-0.3, -0.25) is 9.67 Å². The van der Waals surface area contributed by atoms with Crippen LogP contribution in [0.2, 0.25) is 0 Å². The van der Waals surface area contributed by atoms with Crippen LogP contribution in [0.25, 0.3) is 0 Å². The second-order valence-electron chi connectivity index (χ2n) is 6.70. The Morgan fingerprint density at radius 3 is 2.37 bits per heavy atom. The Morgan fingerprint density at radius 1 is 1.19 bits per heavy atom. The van der Waals surface area contributed by atoms with Crippen LogP contribution in [0.15, 0.2) is 29.3 Å². The molecule has 0 saturated carbocycles. The lowest BCUT2D eigenvalue weighted by Gasteiger charge is -2.13. The third-order valence-electron chi connectivity index (χ3n) is 4.53. The van der Waals surface area contributed by atoms with Gasteiger partial charge in [-0.2, -0.15) is 5.10 Å². The van der Waals surface area contributed by atoms with Crippen molar-refractivity contribution < 1.29 is 4.74 Å². The lowest BCUT2D eigenvalue weighted by Crippen LogP contribution is -2.39. The number of aliphatic imine (C=N–C) groups is 1. The van der Waals surface area contributed by atoms with Crippen LogP contribution < -0.4 is 15.4 Å². The zero-order valence-corrected chi connectivity index (χ0v) is 19.5. The molecule has 0 bridgehead atoms. The van der Waals surface area contributed by atoms with Crippen molar-refractivity contribution in [1.82, 2.24) is 20.4 Å². The molecule has 2 N–H and O–H groups in total. The third kappa shape index (κ3) is 6.71. The maximum atomic E-state index is 5.78. The molecule has 0 atom stereocenters. The molecule has 0 aliphatic heterocycles. The predicted molar refractivity (Wildman–Crippen MR) is 122 cm³/mol. The summed E-state index contributed by atoms with van der Waals surface area (Å²) in [5.74, 6) is 2.18. The largest absolute Gasteiger partial charge is 0.492 e. The molecule has 150 valence electrons. The number of hydrogen-bond acceptors (Lipinski definition) is 3. The molecule has 0 aliphatic carbocycles. The van der Waals surface area contributed by atoms with Crippen molar-refractivity contribution in [2.24, 2.45) is 12.0 Å². The van der Waals surface area contributed by atoms with Crippen molar-refractivity contribution >= 4 is 29.9 Å². The van der Waals surface area contributed by atoms with Gasteiger partial charge in [-0.15, -0.1) is 24.0 Å². The Bertz CT molecular complexity index is 738. The average Bonchev–Trinajstić information content (AvgIpc) is 2.87. The van der Waals surface area contributed by atoms with E-state index in [-0.39, 0.29) is 24.0 Å². The van der Waals surface area contributed by atoms with Gasteiger partial charge in [0.15, 0.2) is 5.96 Å². The van der Waals surface area contributed by atoms with Gasteiger partial charge >= 0.3 is 0 Å². The van der Waals surface area contributed by atoms with Crippen molar-refractivity contribution in [3.8, 4) is 5.75 Å². The van der Waals surface area contributed by atoms with E-state index in [4.69, 9.17) is 4.74 Å². The van der Waals surface area contributed by atoms with E-state index in [1.165, 1.54) is 16.8 Å². The van der Waals surface area contributed by atoms with Crippen LogP contribution in [-0.2, 0) is 13.6 Å². The number of aryl methyl sites for hydroxylation is 2. The van der Waals surface area contributed by atoms with Crippen molar-refractivity contribution in [2.45, 2.75) is 40.2 Å². The lowest BCUT2D eigenvalue weighted by molar-refractivity contribution is 0.322. The molecular weight excluding hydrogens is 453 g/mol. The van der Waals surface area contributed by atoms with Gasteiger partial charge in [0.1, 0.15) is 12.4 Å². The molecule has 1 aromatic carbocycles. The van der Waals surface area contributed by atoms with Crippen molar-refractivity contribution in [1.29, 1.82) is 0 Å². The fourth-order valence-corrected chi connectivity index (χ4v) is 2.75. The first-order valence-corrected chi connectivity index (χ1v) is 9.08. The van der Waals surface area contributed by atoms with Gasteiger partial charge in [-0.1, -0.05) is 26.0 Å². The summed E-state index contributed by atoms with van der Waals surface area (Å²) in [5.41, 5.74) is 4.73. The highest BCUT2D eigenvalue weighted by molar-refractivity contribution is 14.0. The van der Waals surface area contributed by atoms with Gasteiger partial charge in [-0.25, -0.2) is 0 Å². The zero-order chi connectivity index (χ0) is 19.1. The number of halogens is 1. The fraction of sp³-hybridized carbons (Fsp3) is 0.500. The molecule has 27 heavy (non-hydrogen) atoms. The number of rotatable bonds is 7. The van der Waals surface area contributed by atoms with Crippen LogP contribution in [0.5, 0.6) is 5.75 Å². The Hall–Kier alpha value is -1.77. The van der Waals surface area contributed by atoms with Gasteiger partial charge in [0.25, 0.3) is 0 Å². The van der Waals surface area contributed by atoms with E-state index in [1.807, 2.05) is 30.8 Å². The van der Waals surface area contributed by atoms with E-state index >= 15 is 0 Å². The minimum atomic E-state index is 0. The number of nitrogens with one attached hydrogen (secondary N) is 2. The van der Waals surface area contributed by atoms with E-state index in [2.05, 4.69) is 53.6 Å². The van der Waals surface area contributed by atoms with Crippen molar-refractivity contribution in [3.63, 3.8) is 0 Å². The highest BCUT2D eigenvalue weighted by Crippen LogP contribution is 2.18. The topological polar surface area (TPSA) is 63.5 Å². The van der Waals surface area contributed by atoms with Crippen LogP contribution >= 0.6 is 24.0 Å². The summed E-state index contributed by atoms with van der Waals surface area (Å²) >= 11 is 0. The monoisotopic (exact) mass is 485 g/mol. The summed E-state index contributed by atoms with van der Waals surface area (Å²) in [7, 11) is 3.73. The highest BCUT2D eigenvalue weighted by Gasteiger charge is 2.09. The van der Waals surface area contributed by atoms with E-state index in [0.717, 1.165) is 17.4 Å². The smallest absolute Gasteiger partial charge is 0.191 e. The Balaban J connectivity index is 0.00000364. The van der Waals surface area contributed by atoms with E-state index in [9.17, 15) is 0 Å². The lowest BCUT2D eigenvalue weighted by atomic mass is 10.0. The minimum absolute atomic E-state index is 0. The predicted octanol–water partition coefficient (Wildman–Crippen LogP) is 3.52. The first-order chi connectivity index (χ1) is 12.4. The van der Waals surface area contributed by atoms with E-state index in [1.54, 1.807) is 7.05 Å². The number of guanidine groups is 1. The molecule has 6 nitrogen and oxygen atoms in total. The van der Waals surface area contributed by atoms with Crippen LogP contribution in [0, 0.1) is 13.8 Å². The molecule has 0 spiro atoms. The number of hydrogen-bond donors (Lipinski definition) is 2. The Labute approximate surface area is 179 Å². The second kappa shape index (κ2) is 11.2. The summed E-state index contributed by atoms with van der Waals surface area (Å²) in [6, 6.07) is 8.28. The van der Waals surface area contributed by atoms with Crippen LogP contribution in [0.4, 0.5) is 0 Å². The van der Waals surface area contributed by atoms with Crippen molar-refractivity contribution in [3.05, 3.63) is 46.8 Å². The fourth-order valence-electron chi connectivity index (χ4n) is 2.75. The summed E-state index contributed by atoms with van der Waals surface area (Å²) in [6.07, 6.45) is 0. The number of aromatic nitrogens is 2. The normalized spacial score (nSPS) is 11.3. The number of ether oxygens (including phenoxy) is 1. The molecule has 2 rings (SSSR count). The summed E-state index contributed by atoms with van der Waals surface area (Å²) in [4.78, 5) is 4.26. The summed E-state index contributed by atoms with van der Waals surface area (Å²) < 4.78 is 7.69. The summed E-state index contributed by atoms with van der Waals surface area (Å²) in [6.45, 7) is 10.4. The third-order valence-corrected chi connectivity index (χ3v) is 4.53. The van der Waals surface area contributed by atoms with Crippen LogP contribution in [-0.4, -0.2) is 35.9 Å². The molecule has 7 heteroatoms. The van der Waals surface area contributed by atoms with Gasteiger partial charge in [-0.05, 0) is 37.5 Å². The van der Waals surface area contributed by atoms with Gasteiger partial charge in [0, 0.05) is 31.9 Å². The second-order valence-corrected chi connectivity index (χ2v) is 6.70. The number of benzene rings is 1. The zero-order valence-electron chi connectivity index (χ0n) is 17.2. The van der Waals surface area contributed by atoms with Crippen LogP contribution in [0.1, 0.15) is 42.3 Å². The van der Waals surface area contributed by atoms with Gasteiger partial charge in [0.05, 0.1) is 12.2 Å². The molecule has 0 unspecified atom stereocenters. The van der Waals surface area contributed by atoms with Crippen LogP contribution in [0.3, 0.4) is 0 Å². The molecular formula is C20H32IN5O. The molecule has 2 aromatic rings. The van der Waals surface area contributed by atoms with Crippen molar-refractivity contribution in [2.75, 3.05) is 20.2 Å². The first-order valence-electron chi connectivity index (χ1n) is 9.08. The quantitative estimate of drug-likeness (QED) is 0.273. The molecule has 0 fully saturated rings. The van der Waals surface area contributed by atoms with Gasteiger partial charge < -0.3 is 15.4 Å². The molecule has 0 aliphatic rings. The van der Waals surface area contributed by atoms with Gasteiger partial charge in [0.2, 0.25) is 0 Å². The average molecular weight is 485 g/mol. The molecule has 0 saturated heterocycles. The molecule has 0 radical (unpaired) electrons. The molecule has 1 aromatic heterocycles. The van der Waals surface area contributed by atoms with E-state index < -0.39 is 0 Å². The SMILES string of the molecule is CN=C(NCCOc1ccc(C(C)C)cc1)NCc1c(C)nn(C)c1C.I. The molecule has 1 heterocycles. The van der Waals surface area contributed by atoms with E-state index in [0.29, 0.717) is 25.6 Å². The Kier molecular flexibility index (Phi) is 9.62. The summed E-state index contributed by atoms with van der Waals surface area (Å²) in [5, 5.41) is 11.0. The minimum Gasteiger partial charge on any atom is -0.492 e. The highest BCUT2D eigenvalue weighted by atomic mass is 127. The maximum absolute atomic E-state index is 5.78.